The van der Waals surface area contributed by atoms with E-state index >= 15 is 0 Å². The van der Waals surface area contributed by atoms with Gasteiger partial charge in [-0.3, -0.25) is 4.79 Å². The highest BCUT2D eigenvalue weighted by Crippen LogP contribution is 2.22. The summed E-state index contributed by atoms with van der Waals surface area (Å²) in [5.74, 6) is 0.452. The fourth-order valence-corrected chi connectivity index (χ4v) is 2.67. The van der Waals surface area contributed by atoms with Crippen LogP contribution in [0.1, 0.15) is 15.2 Å². The largest absolute Gasteiger partial charge is 0.369 e. The third-order valence-corrected chi connectivity index (χ3v) is 3.84. The summed E-state index contributed by atoms with van der Waals surface area (Å²) in [7, 11) is 0. The van der Waals surface area contributed by atoms with Gasteiger partial charge in [0.25, 0.3) is 0 Å². The van der Waals surface area contributed by atoms with Crippen molar-refractivity contribution in [3.8, 4) is 0 Å². The van der Waals surface area contributed by atoms with E-state index in [0.717, 1.165) is 10.8 Å². The number of hydrogen-bond acceptors (Lipinski definition) is 5. The molecule has 18 heavy (non-hydrogen) atoms. The summed E-state index contributed by atoms with van der Waals surface area (Å²) in [4.78, 5) is 19.8. The molecule has 0 aliphatic rings. The SMILES string of the molecule is O=Cc1c(Cl)ncnc1NCCc1ccc(Cl)s1. The van der Waals surface area contributed by atoms with Gasteiger partial charge in [0.15, 0.2) is 6.29 Å². The number of rotatable bonds is 5. The van der Waals surface area contributed by atoms with Crippen LogP contribution in [0.3, 0.4) is 0 Å². The molecule has 0 spiro atoms. The zero-order valence-corrected chi connectivity index (χ0v) is 11.5. The maximum Gasteiger partial charge on any atom is 0.156 e. The van der Waals surface area contributed by atoms with Crippen LogP contribution in [0.25, 0.3) is 0 Å². The van der Waals surface area contributed by atoms with Gasteiger partial charge in [0.1, 0.15) is 17.3 Å². The van der Waals surface area contributed by atoms with E-state index in [1.165, 1.54) is 22.5 Å². The number of thiophene rings is 1. The first kappa shape index (κ1) is 13.3. The number of nitrogens with one attached hydrogen (secondary N) is 1. The predicted molar refractivity (Wildman–Crippen MR) is 74.0 cm³/mol. The lowest BCUT2D eigenvalue weighted by Gasteiger charge is -2.07. The molecule has 94 valence electrons. The molecule has 0 unspecified atom stereocenters. The van der Waals surface area contributed by atoms with Gasteiger partial charge in [0.2, 0.25) is 0 Å². The second-order valence-electron chi connectivity index (χ2n) is 3.43. The fraction of sp³-hybridized carbons (Fsp3) is 0.182. The number of halogens is 2. The van der Waals surface area contributed by atoms with E-state index in [9.17, 15) is 4.79 Å². The molecule has 0 saturated heterocycles. The van der Waals surface area contributed by atoms with Crippen LogP contribution in [0.2, 0.25) is 9.49 Å². The number of hydrogen-bond donors (Lipinski definition) is 1. The number of aldehydes is 1. The second kappa shape index (κ2) is 6.13. The lowest BCUT2D eigenvalue weighted by molar-refractivity contribution is 0.112. The topological polar surface area (TPSA) is 54.9 Å². The second-order valence-corrected chi connectivity index (χ2v) is 5.58. The maximum absolute atomic E-state index is 10.9. The van der Waals surface area contributed by atoms with Gasteiger partial charge in [-0.25, -0.2) is 9.97 Å². The Morgan fingerprint density at radius 1 is 1.33 bits per heavy atom. The standard InChI is InChI=1S/C11H9Cl2N3OS/c12-9-2-1-7(18-9)3-4-14-11-8(5-17)10(13)15-6-16-11/h1-2,5-6H,3-4H2,(H,14,15,16). The van der Waals surface area contributed by atoms with E-state index < -0.39 is 0 Å². The molecule has 2 aromatic rings. The van der Waals surface area contributed by atoms with E-state index in [-0.39, 0.29) is 10.7 Å². The molecule has 0 amide bonds. The van der Waals surface area contributed by atoms with Crippen molar-refractivity contribution in [2.75, 3.05) is 11.9 Å². The Balaban J connectivity index is 1.98. The molecule has 0 aromatic carbocycles. The molecule has 2 rings (SSSR count). The minimum atomic E-state index is 0.154. The van der Waals surface area contributed by atoms with Crippen molar-refractivity contribution in [3.05, 3.63) is 38.4 Å². The predicted octanol–water partition coefficient (Wildman–Crippen LogP) is 3.31. The molecule has 4 nitrogen and oxygen atoms in total. The smallest absolute Gasteiger partial charge is 0.156 e. The van der Waals surface area contributed by atoms with Crippen LogP contribution in [-0.4, -0.2) is 22.8 Å². The normalized spacial score (nSPS) is 10.3. The Bertz CT molecular complexity index is 559. The molecule has 1 N–H and O–H groups in total. The van der Waals surface area contributed by atoms with Crippen molar-refractivity contribution in [2.45, 2.75) is 6.42 Å². The molecule has 0 atom stereocenters. The van der Waals surface area contributed by atoms with Gasteiger partial charge in [-0.2, -0.15) is 0 Å². The van der Waals surface area contributed by atoms with Gasteiger partial charge < -0.3 is 5.32 Å². The summed E-state index contributed by atoms with van der Waals surface area (Å²) in [6.45, 7) is 0.644. The van der Waals surface area contributed by atoms with E-state index in [1.807, 2.05) is 12.1 Å². The van der Waals surface area contributed by atoms with Crippen molar-refractivity contribution < 1.29 is 4.79 Å². The van der Waals surface area contributed by atoms with Gasteiger partial charge in [-0.15, -0.1) is 11.3 Å². The van der Waals surface area contributed by atoms with Gasteiger partial charge >= 0.3 is 0 Å². The zero-order chi connectivity index (χ0) is 13.0. The number of carbonyl (C=O) groups excluding carboxylic acids is 1. The number of anilines is 1. The van der Waals surface area contributed by atoms with E-state index in [4.69, 9.17) is 23.2 Å². The summed E-state index contributed by atoms with van der Waals surface area (Å²) in [6.07, 6.45) is 2.77. The van der Waals surface area contributed by atoms with Crippen molar-refractivity contribution >= 4 is 46.6 Å². The minimum Gasteiger partial charge on any atom is -0.369 e. The average Bonchev–Trinajstić information content (AvgIpc) is 2.75. The van der Waals surface area contributed by atoms with Gasteiger partial charge in [-0.1, -0.05) is 23.2 Å². The van der Waals surface area contributed by atoms with Crippen molar-refractivity contribution in [3.63, 3.8) is 0 Å². The highest BCUT2D eigenvalue weighted by Gasteiger charge is 2.08. The summed E-state index contributed by atoms with van der Waals surface area (Å²) in [6, 6.07) is 3.84. The first-order chi connectivity index (χ1) is 8.70. The van der Waals surface area contributed by atoms with Crippen LogP contribution in [0.4, 0.5) is 5.82 Å². The quantitative estimate of drug-likeness (QED) is 0.680. The lowest BCUT2D eigenvalue weighted by Crippen LogP contribution is -2.08. The minimum absolute atomic E-state index is 0.154. The van der Waals surface area contributed by atoms with Gasteiger partial charge in [0.05, 0.1) is 9.90 Å². The molecular formula is C11H9Cl2N3OS. The first-order valence-corrected chi connectivity index (χ1v) is 6.71. The zero-order valence-electron chi connectivity index (χ0n) is 9.19. The number of carbonyl (C=O) groups is 1. The summed E-state index contributed by atoms with van der Waals surface area (Å²) in [5, 5.41) is 3.21. The average molecular weight is 302 g/mol. The highest BCUT2D eigenvalue weighted by atomic mass is 35.5. The molecule has 2 aromatic heterocycles. The summed E-state index contributed by atoms with van der Waals surface area (Å²) in [5.41, 5.74) is 0.281. The fourth-order valence-electron chi connectivity index (χ4n) is 1.41. The van der Waals surface area contributed by atoms with E-state index in [1.54, 1.807) is 0 Å². The Hall–Kier alpha value is -1.17. The molecule has 7 heteroatoms. The number of aromatic nitrogens is 2. The van der Waals surface area contributed by atoms with Crippen LogP contribution in [0.15, 0.2) is 18.5 Å². The Labute approximate surface area is 118 Å². The van der Waals surface area contributed by atoms with E-state index in [2.05, 4.69) is 15.3 Å². The Morgan fingerprint density at radius 2 is 2.17 bits per heavy atom. The van der Waals surface area contributed by atoms with Crippen molar-refractivity contribution in [2.24, 2.45) is 0 Å². The number of nitrogens with zero attached hydrogens (tertiary/aromatic N) is 2. The maximum atomic E-state index is 10.9. The van der Waals surface area contributed by atoms with Crippen LogP contribution < -0.4 is 5.32 Å². The molecule has 0 aliphatic carbocycles. The van der Waals surface area contributed by atoms with Crippen LogP contribution in [0, 0.1) is 0 Å². The lowest BCUT2D eigenvalue weighted by atomic mass is 10.3. The summed E-state index contributed by atoms with van der Waals surface area (Å²) >= 11 is 13.2. The highest BCUT2D eigenvalue weighted by molar-refractivity contribution is 7.16. The Kier molecular flexibility index (Phi) is 4.52. The third kappa shape index (κ3) is 3.19. The Morgan fingerprint density at radius 3 is 2.83 bits per heavy atom. The molecule has 0 bridgehead atoms. The molecule has 0 fully saturated rings. The van der Waals surface area contributed by atoms with Gasteiger partial charge in [-0.05, 0) is 18.6 Å². The third-order valence-electron chi connectivity index (χ3n) is 2.25. The monoisotopic (exact) mass is 301 g/mol. The molecule has 2 heterocycles. The first-order valence-electron chi connectivity index (χ1n) is 5.14. The molecule has 0 saturated carbocycles. The van der Waals surface area contributed by atoms with Crippen molar-refractivity contribution in [1.82, 2.24) is 9.97 Å². The van der Waals surface area contributed by atoms with E-state index in [0.29, 0.717) is 18.6 Å². The molecule has 0 radical (unpaired) electrons. The van der Waals surface area contributed by atoms with Crippen LogP contribution in [0.5, 0.6) is 0 Å². The van der Waals surface area contributed by atoms with Gasteiger partial charge in [0, 0.05) is 11.4 Å². The summed E-state index contributed by atoms with van der Waals surface area (Å²) < 4.78 is 0.767. The van der Waals surface area contributed by atoms with Crippen LogP contribution in [-0.2, 0) is 6.42 Å². The molecular weight excluding hydrogens is 293 g/mol. The van der Waals surface area contributed by atoms with Crippen LogP contribution >= 0.6 is 34.5 Å². The molecule has 0 aliphatic heterocycles. The van der Waals surface area contributed by atoms with Crippen molar-refractivity contribution in [1.29, 1.82) is 0 Å².